The highest BCUT2D eigenvalue weighted by molar-refractivity contribution is 8.07. The van der Waals surface area contributed by atoms with Crippen LogP contribution in [0.4, 0.5) is 0 Å². The van der Waals surface area contributed by atoms with Gasteiger partial charge in [-0.05, 0) is 12.1 Å². The van der Waals surface area contributed by atoms with E-state index in [2.05, 4.69) is 5.16 Å². The molecular weight excluding hydrogens is 204 g/mol. The van der Waals surface area contributed by atoms with Crippen molar-refractivity contribution < 1.29 is 13.6 Å². The van der Waals surface area contributed by atoms with E-state index in [1.807, 2.05) is 0 Å². The van der Waals surface area contributed by atoms with E-state index in [-0.39, 0.29) is 4.90 Å². The first-order chi connectivity index (χ1) is 6.62. The Kier molecular flexibility index (Phi) is 2.84. The molecule has 1 N–H and O–H groups in total. The number of hydrogen-bond acceptors (Lipinski definition) is 5. The molecule has 5 nitrogen and oxygen atoms in total. The van der Waals surface area contributed by atoms with E-state index in [1.165, 1.54) is 30.3 Å². The largest absolute Gasteiger partial charge is 0.409 e. The van der Waals surface area contributed by atoms with Crippen molar-refractivity contribution in [3.05, 3.63) is 30.3 Å². The van der Waals surface area contributed by atoms with Crippen molar-refractivity contribution in [1.82, 2.24) is 0 Å². The molecule has 0 radical (unpaired) electrons. The summed E-state index contributed by atoms with van der Waals surface area (Å²) in [6.07, 6.45) is 0. The molecule has 14 heavy (non-hydrogen) atoms. The molecule has 0 saturated carbocycles. The minimum atomic E-state index is -3.96. The number of oxime groups is 1. The van der Waals surface area contributed by atoms with Crippen molar-refractivity contribution in [2.75, 3.05) is 0 Å². The molecule has 0 amide bonds. The zero-order valence-corrected chi connectivity index (χ0v) is 7.77. The van der Waals surface area contributed by atoms with Crippen LogP contribution < -0.4 is 0 Å². The Morgan fingerprint density at radius 1 is 1.36 bits per heavy atom. The second-order valence-electron chi connectivity index (χ2n) is 2.33. The number of sulfone groups is 1. The molecule has 0 aromatic heterocycles. The van der Waals surface area contributed by atoms with Gasteiger partial charge in [-0.2, -0.15) is 5.26 Å². The van der Waals surface area contributed by atoms with Crippen LogP contribution in [0.25, 0.3) is 0 Å². The van der Waals surface area contributed by atoms with Crippen LogP contribution in [0.5, 0.6) is 0 Å². The lowest BCUT2D eigenvalue weighted by atomic mass is 10.4. The number of hydrogen-bond donors (Lipinski definition) is 1. The van der Waals surface area contributed by atoms with Gasteiger partial charge < -0.3 is 5.21 Å². The van der Waals surface area contributed by atoms with Crippen LogP contribution in [-0.4, -0.2) is 18.7 Å². The van der Waals surface area contributed by atoms with Gasteiger partial charge in [0.25, 0.3) is 5.04 Å². The molecule has 0 bridgehead atoms. The van der Waals surface area contributed by atoms with E-state index in [0.717, 1.165) is 0 Å². The molecule has 0 aliphatic heterocycles. The second kappa shape index (κ2) is 3.89. The van der Waals surface area contributed by atoms with Gasteiger partial charge in [-0.25, -0.2) is 8.42 Å². The van der Waals surface area contributed by atoms with Crippen molar-refractivity contribution >= 4 is 14.9 Å². The van der Waals surface area contributed by atoms with Crippen molar-refractivity contribution in [1.29, 1.82) is 5.26 Å². The smallest absolute Gasteiger partial charge is 0.275 e. The number of rotatable bonds is 1. The van der Waals surface area contributed by atoms with Crippen LogP contribution in [0, 0.1) is 11.3 Å². The predicted molar refractivity (Wildman–Crippen MR) is 48.5 cm³/mol. The predicted octanol–water partition coefficient (Wildman–Crippen LogP) is 0.772. The third-order valence-electron chi connectivity index (χ3n) is 1.49. The molecule has 0 atom stereocenters. The molecule has 0 aliphatic carbocycles. The fourth-order valence-corrected chi connectivity index (χ4v) is 1.81. The Morgan fingerprint density at radius 2 is 1.93 bits per heavy atom. The van der Waals surface area contributed by atoms with Crippen LogP contribution in [-0.2, 0) is 9.84 Å². The average Bonchev–Trinajstić information content (AvgIpc) is 2.20. The number of benzene rings is 1. The highest BCUT2D eigenvalue weighted by atomic mass is 32.2. The lowest BCUT2D eigenvalue weighted by molar-refractivity contribution is 0.321. The maximum Gasteiger partial charge on any atom is 0.275 e. The fraction of sp³-hybridized carbons (Fsp3) is 0. The van der Waals surface area contributed by atoms with Gasteiger partial charge in [0.2, 0.25) is 9.84 Å². The van der Waals surface area contributed by atoms with Crippen LogP contribution in [0.15, 0.2) is 40.4 Å². The molecule has 1 aromatic rings. The van der Waals surface area contributed by atoms with Gasteiger partial charge in [-0.1, -0.05) is 23.4 Å². The molecule has 0 aliphatic rings. The van der Waals surface area contributed by atoms with E-state index in [4.69, 9.17) is 10.5 Å². The maximum absolute atomic E-state index is 11.5. The average molecular weight is 210 g/mol. The standard InChI is InChI=1S/C8H6N2O3S/c9-6-8(10-11)14(12,13)7-4-2-1-3-5-7/h1-5,11H/b10-8-. The zero-order valence-electron chi connectivity index (χ0n) is 6.95. The quantitative estimate of drug-likeness (QED) is 0.321. The number of nitriles is 1. The summed E-state index contributed by atoms with van der Waals surface area (Å²) in [5.74, 6) is 0. The first-order valence-electron chi connectivity index (χ1n) is 3.55. The molecule has 6 heteroatoms. The molecule has 0 heterocycles. The van der Waals surface area contributed by atoms with E-state index in [1.54, 1.807) is 6.07 Å². The van der Waals surface area contributed by atoms with Gasteiger partial charge in [0.05, 0.1) is 4.90 Å². The lowest BCUT2D eigenvalue weighted by Gasteiger charge is -1.98. The summed E-state index contributed by atoms with van der Waals surface area (Å²) < 4.78 is 23.0. The van der Waals surface area contributed by atoms with Crippen molar-refractivity contribution in [2.24, 2.45) is 5.16 Å². The Morgan fingerprint density at radius 3 is 2.36 bits per heavy atom. The van der Waals surface area contributed by atoms with Gasteiger partial charge in [0.1, 0.15) is 6.07 Å². The summed E-state index contributed by atoms with van der Waals surface area (Å²) in [6.45, 7) is 0. The van der Waals surface area contributed by atoms with Gasteiger partial charge in [0.15, 0.2) is 0 Å². The molecule has 1 aromatic carbocycles. The Labute approximate surface area is 80.8 Å². The summed E-state index contributed by atoms with van der Waals surface area (Å²) in [5.41, 5.74) is 0. The number of nitrogens with zero attached hydrogens (tertiary/aromatic N) is 2. The minimum Gasteiger partial charge on any atom is -0.409 e. The summed E-state index contributed by atoms with van der Waals surface area (Å²) in [5, 5.41) is 18.2. The van der Waals surface area contributed by atoms with Crippen LogP contribution in [0.2, 0.25) is 0 Å². The van der Waals surface area contributed by atoms with Crippen LogP contribution >= 0.6 is 0 Å². The third-order valence-corrected chi connectivity index (χ3v) is 3.07. The topological polar surface area (TPSA) is 90.5 Å². The van der Waals surface area contributed by atoms with Gasteiger partial charge >= 0.3 is 0 Å². The van der Waals surface area contributed by atoms with E-state index < -0.39 is 14.9 Å². The highest BCUT2D eigenvalue weighted by Crippen LogP contribution is 2.11. The van der Waals surface area contributed by atoms with Gasteiger partial charge in [-0.15, -0.1) is 0 Å². The Hall–Kier alpha value is -1.87. The van der Waals surface area contributed by atoms with Gasteiger partial charge in [-0.3, -0.25) is 0 Å². The summed E-state index contributed by atoms with van der Waals surface area (Å²) in [6, 6.07) is 8.60. The highest BCUT2D eigenvalue weighted by Gasteiger charge is 2.22. The molecule has 0 fully saturated rings. The summed E-state index contributed by atoms with van der Waals surface area (Å²) >= 11 is 0. The van der Waals surface area contributed by atoms with E-state index in [0.29, 0.717) is 0 Å². The van der Waals surface area contributed by atoms with Crippen molar-refractivity contribution in [3.63, 3.8) is 0 Å². The summed E-state index contributed by atoms with van der Waals surface area (Å²) in [7, 11) is -3.96. The monoisotopic (exact) mass is 210 g/mol. The summed E-state index contributed by atoms with van der Waals surface area (Å²) in [4.78, 5) is -0.0747. The van der Waals surface area contributed by atoms with Crippen molar-refractivity contribution in [3.8, 4) is 6.07 Å². The molecule has 0 saturated heterocycles. The maximum atomic E-state index is 11.5. The SMILES string of the molecule is N#C/C(=N/O)S(=O)(=O)c1ccccc1. The zero-order chi connectivity index (χ0) is 10.6. The lowest BCUT2D eigenvalue weighted by Crippen LogP contribution is -2.12. The van der Waals surface area contributed by atoms with E-state index in [9.17, 15) is 8.42 Å². The van der Waals surface area contributed by atoms with Crippen molar-refractivity contribution in [2.45, 2.75) is 4.90 Å². The third kappa shape index (κ3) is 1.72. The Bertz CT molecular complexity index is 485. The second-order valence-corrected chi connectivity index (χ2v) is 4.20. The molecule has 0 unspecified atom stereocenters. The van der Waals surface area contributed by atoms with Crippen LogP contribution in [0.1, 0.15) is 0 Å². The van der Waals surface area contributed by atoms with E-state index >= 15 is 0 Å². The minimum absolute atomic E-state index is 0.0747. The first-order valence-corrected chi connectivity index (χ1v) is 5.03. The molecular formula is C8H6N2O3S. The molecule has 1 rings (SSSR count). The van der Waals surface area contributed by atoms with Crippen LogP contribution in [0.3, 0.4) is 0 Å². The molecule has 72 valence electrons. The fourth-order valence-electron chi connectivity index (χ4n) is 0.847. The normalized spacial score (nSPS) is 12.1. The van der Waals surface area contributed by atoms with Gasteiger partial charge in [0, 0.05) is 0 Å². The molecule has 0 spiro atoms. The Balaban J connectivity index is 3.32. The first kappa shape index (κ1) is 10.2.